The lowest BCUT2D eigenvalue weighted by Crippen LogP contribution is -2.46. The van der Waals surface area contributed by atoms with Crippen molar-refractivity contribution in [2.75, 3.05) is 5.32 Å². The zero-order valence-corrected chi connectivity index (χ0v) is 17.1. The third kappa shape index (κ3) is 5.11. The minimum Gasteiger partial charge on any atom is -0.410 e. The molecule has 3 aromatic carbocycles. The number of rotatable bonds is 6. The van der Waals surface area contributed by atoms with Gasteiger partial charge in [0.2, 0.25) is 5.91 Å². The number of aromatic amines is 1. The molecule has 0 aliphatic rings. The van der Waals surface area contributed by atoms with Gasteiger partial charge in [-0.25, -0.2) is 4.79 Å². The van der Waals surface area contributed by atoms with E-state index < -0.39 is 12.1 Å². The van der Waals surface area contributed by atoms with Crippen molar-refractivity contribution in [3.63, 3.8) is 0 Å². The summed E-state index contributed by atoms with van der Waals surface area (Å²) in [5.74, 6) is 0.0887. The van der Waals surface area contributed by atoms with Gasteiger partial charge in [-0.2, -0.15) is 0 Å². The fourth-order valence-corrected chi connectivity index (χ4v) is 3.45. The number of fused-ring (bicyclic) bond motifs is 1. The minimum absolute atomic E-state index is 0.311. The molecule has 1 atom stereocenters. The van der Waals surface area contributed by atoms with Crippen molar-refractivity contribution in [2.45, 2.75) is 19.4 Å². The van der Waals surface area contributed by atoms with Gasteiger partial charge in [0.05, 0.1) is 0 Å². The molecule has 0 bridgehead atoms. The lowest BCUT2D eigenvalue weighted by Gasteiger charge is -2.18. The van der Waals surface area contributed by atoms with E-state index in [-0.39, 0.29) is 5.91 Å². The Morgan fingerprint density at radius 1 is 0.968 bits per heavy atom. The van der Waals surface area contributed by atoms with Gasteiger partial charge < -0.3 is 20.4 Å². The van der Waals surface area contributed by atoms with Crippen LogP contribution in [0.25, 0.3) is 10.9 Å². The number of ether oxygens (including phenoxy) is 1. The maximum atomic E-state index is 13.1. The summed E-state index contributed by atoms with van der Waals surface area (Å²) in [7, 11) is 0. The maximum Gasteiger partial charge on any atom is 0.413 e. The Morgan fingerprint density at radius 3 is 2.55 bits per heavy atom. The molecule has 1 heterocycles. The van der Waals surface area contributed by atoms with Gasteiger partial charge in [-0.05, 0) is 48.4 Å². The molecule has 0 saturated heterocycles. The van der Waals surface area contributed by atoms with E-state index in [4.69, 9.17) is 4.74 Å². The molecule has 0 radical (unpaired) electrons. The van der Waals surface area contributed by atoms with Crippen molar-refractivity contribution in [1.29, 1.82) is 0 Å². The van der Waals surface area contributed by atoms with E-state index >= 15 is 0 Å². The molecule has 0 unspecified atom stereocenters. The van der Waals surface area contributed by atoms with Crippen molar-refractivity contribution in [1.82, 2.24) is 10.3 Å². The number of aromatic nitrogens is 1. The second-order valence-electron chi connectivity index (χ2n) is 7.32. The zero-order valence-electron chi connectivity index (χ0n) is 17.1. The van der Waals surface area contributed by atoms with E-state index in [1.807, 2.05) is 67.7 Å². The first-order chi connectivity index (χ1) is 15.1. The Labute approximate surface area is 180 Å². The first-order valence-corrected chi connectivity index (χ1v) is 10.0. The molecule has 2 amide bonds. The number of H-pyrrole nitrogens is 1. The van der Waals surface area contributed by atoms with Crippen LogP contribution in [0.5, 0.6) is 5.75 Å². The van der Waals surface area contributed by atoms with Crippen LogP contribution in [-0.4, -0.2) is 23.0 Å². The lowest BCUT2D eigenvalue weighted by molar-refractivity contribution is -0.118. The van der Waals surface area contributed by atoms with E-state index in [1.165, 1.54) is 0 Å². The second-order valence-corrected chi connectivity index (χ2v) is 7.32. The van der Waals surface area contributed by atoms with Crippen LogP contribution in [0.3, 0.4) is 0 Å². The Morgan fingerprint density at radius 2 is 1.74 bits per heavy atom. The predicted molar refractivity (Wildman–Crippen MR) is 121 cm³/mol. The highest BCUT2D eigenvalue weighted by Gasteiger charge is 2.24. The van der Waals surface area contributed by atoms with Crippen LogP contribution in [0.2, 0.25) is 0 Å². The molecule has 4 rings (SSSR count). The fraction of sp³-hybridized carbons (Fsp3) is 0.120. The maximum absolute atomic E-state index is 13.1. The number of anilines is 1. The van der Waals surface area contributed by atoms with Gasteiger partial charge in [0.15, 0.2) is 0 Å². The van der Waals surface area contributed by atoms with Crippen molar-refractivity contribution >= 4 is 28.6 Å². The molecule has 0 saturated carbocycles. The summed E-state index contributed by atoms with van der Waals surface area (Å²) in [4.78, 5) is 28.8. The number of amides is 2. The van der Waals surface area contributed by atoms with Gasteiger partial charge in [0, 0.05) is 29.2 Å². The number of aryl methyl sites for hydroxylation is 1. The molecule has 3 N–H and O–H groups in total. The highest BCUT2D eigenvalue weighted by Crippen LogP contribution is 2.20. The normalized spacial score (nSPS) is 11.6. The summed E-state index contributed by atoms with van der Waals surface area (Å²) in [5.41, 5.74) is 3.61. The molecule has 156 valence electrons. The highest BCUT2D eigenvalue weighted by molar-refractivity contribution is 5.97. The molecule has 31 heavy (non-hydrogen) atoms. The largest absolute Gasteiger partial charge is 0.413 e. The number of hydrogen-bond acceptors (Lipinski definition) is 3. The molecule has 1 aromatic heterocycles. The lowest BCUT2D eigenvalue weighted by atomic mass is 10.0. The Kier molecular flexibility index (Phi) is 5.98. The fourth-order valence-electron chi connectivity index (χ4n) is 3.45. The van der Waals surface area contributed by atoms with Gasteiger partial charge in [0.25, 0.3) is 0 Å². The van der Waals surface area contributed by atoms with Gasteiger partial charge in [-0.3, -0.25) is 4.79 Å². The van der Waals surface area contributed by atoms with E-state index in [0.717, 1.165) is 22.0 Å². The standard InChI is InChI=1S/C25H23N3O3/c1-17-8-7-9-19(14-17)27-24(29)23(28-25(30)31-20-10-3-2-4-11-20)15-18-16-26-22-13-6-5-12-21(18)22/h2-14,16,23,26H,15H2,1H3,(H,27,29)(H,28,30)/t23-/m0/s1. The third-order valence-corrected chi connectivity index (χ3v) is 4.95. The van der Waals surface area contributed by atoms with E-state index in [0.29, 0.717) is 17.9 Å². The summed E-state index contributed by atoms with van der Waals surface area (Å²) in [6.07, 6.45) is 1.49. The number of carbonyl (C=O) groups excluding carboxylic acids is 2. The average Bonchev–Trinajstić information content (AvgIpc) is 3.17. The Balaban J connectivity index is 1.54. The molecule has 6 heteroatoms. The second kappa shape index (κ2) is 9.17. The minimum atomic E-state index is -0.823. The molecule has 0 fully saturated rings. The smallest absolute Gasteiger partial charge is 0.410 e. The molecule has 0 spiro atoms. The van der Waals surface area contributed by atoms with Gasteiger partial charge >= 0.3 is 6.09 Å². The van der Waals surface area contributed by atoms with Gasteiger partial charge in [-0.15, -0.1) is 0 Å². The Bertz CT molecular complexity index is 1200. The first-order valence-electron chi connectivity index (χ1n) is 10.0. The van der Waals surface area contributed by atoms with Crippen molar-refractivity contribution in [3.8, 4) is 5.75 Å². The SMILES string of the molecule is Cc1cccc(NC(=O)[C@H](Cc2c[nH]c3ccccc23)NC(=O)Oc2ccccc2)c1. The monoisotopic (exact) mass is 413 g/mol. The van der Waals surface area contributed by atoms with Crippen LogP contribution < -0.4 is 15.4 Å². The molecule has 4 aromatic rings. The topological polar surface area (TPSA) is 83.2 Å². The summed E-state index contributed by atoms with van der Waals surface area (Å²) in [5, 5.41) is 6.62. The van der Waals surface area contributed by atoms with Gasteiger partial charge in [0.1, 0.15) is 11.8 Å². The predicted octanol–water partition coefficient (Wildman–Crippen LogP) is 4.81. The molecule has 0 aliphatic heterocycles. The van der Waals surface area contributed by atoms with Crippen molar-refractivity contribution < 1.29 is 14.3 Å². The van der Waals surface area contributed by atoms with E-state index in [2.05, 4.69) is 15.6 Å². The van der Waals surface area contributed by atoms with Crippen LogP contribution in [0.1, 0.15) is 11.1 Å². The summed E-state index contributed by atoms with van der Waals surface area (Å²) >= 11 is 0. The number of hydrogen-bond donors (Lipinski definition) is 3. The third-order valence-electron chi connectivity index (χ3n) is 4.95. The quantitative estimate of drug-likeness (QED) is 0.424. The van der Waals surface area contributed by atoms with Crippen LogP contribution in [0.15, 0.2) is 85.1 Å². The summed E-state index contributed by atoms with van der Waals surface area (Å²) in [6, 6.07) is 23.3. The van der Waals surface area contributed by atoms with Crippen molar-refractivity contribution in [2.24, 2.45) is 0 Å². The zero-order chi connectivity index (χ0) is 21.6. The van der Waals surface area contributed by atoms with Crippen LogP contribution in [0.4, 0.5) is 10.5 Å². The number of para-hydroxylation sites is 2. The van der Waals surface area contributed by atoms with Crippen LogP contribution >= 0.6 is 0 Å². The van der Waals surface area contributed by atoms with Crippen molar-refractivity contribution in [3.05, 3.63) is 96.2 Å². The molecular weight excluding hydrogens is 390 g/mol. The van der Waals surface area contributed by atoms with E-state index in [1.54, 1.807) is 24.3 Å². The Hall–Kier alpha value is -4.06. The van der Waals surface area contributed by atoms with Gasteiger partial charge in [-0.1, -0.05) is 48.5 Å². The summed E-state index contributed by atoms with van der Waals surface area (Å²) < 4.78 is 5.33. The molecule has 6 nitrogen and oxygen atoms in total. The summed E-state index contributed by atoms with van der Waals surface area (Å²) in [6.45, 7) is 1.95. The number of carbonyl (C=O) groups is 2. The van der Waals surface area contributed by atoms with Crippen LogP contribution in [0, 0.1) is 6.92 Å². The number of benzene rings is 3. The molecular formula is C25H23N3O3. The number of nitrogens with one attached hydrogen (secondary N) is 3. The average molecular weight is 413 g/mol. The van der Waals surface area contributed by atoms with Crippen LogP contribution in [-0.2, 0) is 11.2 Å². The van der Waals surface area contributed by atoms with E-state index in [9.17, 15) is 9.59 Å². The highest BCUT2D eigenvalue weighted by atomic mass is 16.6. The molecule has 0 aliphatic carbocycles. The first kappa shape index (κ1) is 20.2.